The minimum atomic E-state index is -0.0413. The van der Waals surface area contributed by atoms with Crippen molar-refractivity contribution in [2.24, 2.45) is 0 Å². The van der Waals surface area contributed by atoms with Crippen LogP contribution in [-0.2, 0) is 12.8 Å². The second-order valence-electron chi connectivity index (χ2n) is 7.17. The third-order valence-corrected chi connectivity index (χ3v) is 5.17. The fourth-order valence-corrected chi connectivity index (χ4v) is 3.40. The summed E-state index contributed by atoms with van der Waals surface area (Å²) in [6.07, 6.45) is 7.26. The summed E-state index contributed by atoms with van der Waals surface area (Å²) in [5.74, 6) is 0. The maximum Gasteiger partial charge on any atom is 0.256 e. The molecular formula is C25H29NO. The highest BCUT2D eigenvalue weighted by Gasteiger charge is 2.06. The fraction of sp³-hybridized carbons (Fsp3) is 0.320. The Morgan fingerprint density at radius 1 is 0.704 bits per heavy atom. The highest BCUT2D eigenvalue weighted by atomic mass is 16.1. The van der Waals surface area contributed by atoms with Crippen LogP contribution in [0.1, 0.15) is 50.7 Å². The average Bonchev–Trinajstić information content (AvgIpc) is 2.72. The fourth-order valence-electron chi connectivity index (χ4n) is 3.40. The number of aromatic nitrogens is 1. The van der Waals surface area contributed by atoms with Gasteiger partial charge in [0, 0.05) is 11.3 Å². The lowest BCUT2D eigenvalue weighted by molar-refractivity contribution is 0.667. The summed E-state index contributed by atoms with van der Waals surface area (Å²) in [7, 11) is 0. The summed E-state index contributed by atoms with van der Waals surface area (Å²) in [6, 6.07) is 20.7. The molecule has 2 nitrogen and oxygen atoms in total. The highest BCUT2D eigenvalue weighted by Crippen LogP contribution is 2.21. The molecule has 0 bridgehead atoms. The molecule has 3 rings (SSSR count). The molecular weight excluding hydrogens is 330 g/mol. The van der Waals surface area contributed by atoms with Crippen molar-refractivity contribution in [2.75, 3.05) is 0 Å². The number of aromatic amines is 1. The Labute approximate surface area is 162 Å². The van der Waals surface area contributed by atoms with E-state index in [4.69, 9.17) is 0 Å². The highest BCUT2D eigenvalue weighted by molar-refractivity contribution is 5.67. The summed E-state index contributed by atoms with van der Waals surface area (Å²) >= 11 is 0. The van der Waals surface area contributed by atoms with Crippen LogP contribution in [0.25, 0.3) is 22.4 Å². The topological polar surface area (TPSA) is 32.9 Å². The van der Waals surface area contributed by atoms with Gasteiger partial charge in [-0.15, -0.1) is 0 Å². The van der Waals surface area contributed by atoms with Crippen molar-refractivity contribution in [1.29, 1.82) is 0 Å². The number of nitrogens with one attached hydrogen (secondary N) is 1. The van der Waals surface area contributed by atoms with Crippen LogP contribution in [0.5, 0.6) is 0 Å². The van der Waals surface area contributed by atoms with Crippen molar-refractivity contribution >= 4 is 0 Å². The number of H-pyrrole nitrogens is 1. The lowest BCUT2D eigenvalue weighted by atomic mass is 10.0. The Morgan fingerprint density at radius 2 is 1.37 bits per heavy atom. The molecule has 1 heterocycles. The monoisotopic (exact) mass is 359 g/mol. The summed E-state index contributed by atoms with van der Waals surface area (Å²) < 4.78 is 0. The Hall–Kier alpha value is -2.61. The van der Waals surface area contributed by atoms with Gasteiger partial charge in [0.2, 0.25) is 0 Å². The van der Waals surface area contributed by atoms with Crippen LogP contribution in [0, 0.1) is 0 Å². The number of rotatable bonds is 8. The largest absolute Gasteiger partial charge is 0.321 e. The van der Waals surface area contributed by atoms with Crippen LogP contribution < -0.4 is 5.56 Å². The Bertz CT molecular complexity index is 904. The van der Waals surface area contributed by atoms with Crippen molar-refractivity contribution < 1.29 is 0 Å². The van der Waals surface area contributed by atoms with Crippen molar-refractivity contribution in [3.63, 3.8) is 0 Å². The minimum absolute atomic E-state index is 0.0413. The van der Waals surface area contributed by atoms with Gasteiger partial charge >= 0.3 is 0 Å². The third kappa shape index (κ3) is 4.97. The van der Waals surface area contributed by atoms with Crippen LogP contribution in [0.2, 0.25) is 0 Å². The van der Waals surface area contributed by atoms with Crippen LogP contribution in [0.3, 0.4) is 0 Å². The molecule has 1 aromatic heterocycles. The number of hydrogen-bond donors (Lipinski definition) is 1. The van der Waals surface area contributed by atoms with E-state index < -0.39 is 0 Å². The quantitative estimate of drug-likeness (QED) is 0.464. The van der Waals surface area contributed by atoms with E-state index in [1.807, 2.05) is 24.3 Å². The lowest BCUT2D eigenvalue weighted by Gasteiger charge is -2.07. The number of unbranched alkanes of at least 4 members (excludes halogenated alkanes) is 3. The maximum atomic E-state index is 12.6. The molecule has 1 N–H and O–H groups in total. The average molecular weight is 360 g/mol. The zero-order valence-electron chi connectivity index (χ0n) is 16.4. The SMILES string of the molecule is CCCCCCc1ccc(-c2ccc(-c3ccc(CC)cc3)c(=O)[nH]2)cc1. The molecule has 0 amide bonds. The zero-order valence-corrected chi connectivity index (χ0v) is 16.4. The predicted octanol–water partition coefficient (Wildman–Crippen LogP) is 6.39. The molecule has 0 saturated heterocycles. The maximum absolute atomic E-state index is 12.6. The molecule has 2 aromatic carbocycles. The minimum Gasteiger partial charge on any atom is -0.321 e. The van der Waals surface area contributed by atoms with Crippen LogP contribution >= 0.6 is 0 Å². The molecule has 2 heteroatoms. The van der Waals surface area contributed by atoms with E-state index in [2.05, 4.69) is 55.2 Å². The first kappa shape index (κ1) is 19.2. The zero-order chi connectivity index (χ0) is 19.1. The second kappa shape index (κ2) is 9.36. The van der Waals surface area contributed by atoms with Gasteiger partial charge < -0.3 is 4.98 Å². The third-order valence-electron chi connectivity index (χ3n) is 5.17. The van der Waals surface area contributed by atoms with E-state index >= 15 is 0 Å². The summed E-state index contributed by atoms with van der Waals surface area (Å²) in [4.78, 5) is 15.6. The van der Waals surface area contributed by atoms with E-state index in [1.165, 1.54) is 36.8 Å². The molecule has 0 saturated carbocycles. The van der Waals surface area contributed by atoms with Gasteiger partial charge in [-0.2, -0.15) is 0 Å². The first-order valence-corrected chi connectivity index (χ1v) is 10.1. The first-order chi connectivity index (χ1) is 13.2. The van der Waals surface area contributed by atoms with Crippen molar-refractivity contribution in [3.05, 3.63) is 82.1 Å². The van der Waals surface area contributed by atoms with E-state index in [9.17, 15) is 4.79 Å². The van der Waals surface area contributed by atoms with E-state index in [0.29, 0.717) is 5.56 Å². The van der Waals surface area contributed by atoms with Crippen molar-refractivity contribution in [1.82, 2.24) is 4.98 Å². The van der Waals surface area contributed by atoms with Gasteiger partial charge in [0.05, 0.1) is 0 Å². The molecule has 3 aromatic rings. The van der Waals surface area contributed by atoms with Gasteiger partial charge in [-0.1, -0.05) is 81.6 Å². The number of aryl methyl sites for hydroxylation is 2. The molecule has 0 unspecified atom stereocenters. The standard InChI is InChI=1S/C25H29NO/c1-3-5-6-7-8-20-11-15-22(16-12-20)24-18-17-23(25(27)26-24)21-13-9-19(4-2)10-14-21/h9-18H,3-8H2,1-2H3,(H,26,27). The van der Waals surface area contributed by atoms with E-state index in [-0.39, 0.29) is 5.56 Å². The lowest BCUT2D eigenvalue weighted by Crippen LogP contribution is -2.09. The van der Waals surface area contributed by atoms with Crippen molar-refractivity contribution in [3.8, 4) is 22.4 Å². The predicted molar refractivity (Wildman–Crippen MR) is 115 cm³/mol. The van der Waals surface area contributed by atoms with Gasteiger partial charge in [0.15, 0.2) is 0 Å². The Morgan fingerprint density at radius 3 is 2.00 bits per heavy atom. The van der Waals surface area contributed by atoms with Crippen LogP contribution in [0.15, 0.2) is 65.5 Å². The number of hydrogen-bond acceptors (Lipinski definition) is 1. The molecule has 0 fully saturated rings. The van der Waals surface area contributed by atoms with Gasteiger partial charge in [-0.3, -0.25) is 4.79 Å². The van der Waals surface area contributed by atoms with Crippen molar-refractivity contribution in [2.45, 2.75) is 52.4 Å². The number of benzene rings is 2. The van der Waals surface area contributed by atoms with E-state index in [1.54, 1.807) is 0 Å². The molecule has 0 aliphatic rings. The van der Waals surface area contributed by atoms with Gasteiger partial charge in [-0.05, 0) is 53.6 Å². The second-order valence-corrected chi connectivity index (χ2v) is 7.17. The smallest absolute Gasteiger partial charge is 0.256 e. The molecule has 27 heavy (non-hydrogen) atoms. The molecule has 140 valence electrons. The molecule has 0 atom stereocenters. The molecule has 0 aliphatic heterocycles. The Kier molecular flexibility index (Phi) is 6.64. The van der Waals surface area contributed by atoms with Crippen LogP contribution in [0.4, 0.5) is 0 Å². The summed E-state index contributed by atoms with van der Waals surface area (Å²) in [6.45, 7) is 4.37. The molecule has 0 spiro atoms. The Balaban J connectivity index is 1.74. The van der Waals surface area contributed by atoms with Crippen LogP contribution in [-0.4, -0.2) is 4.98 Å². The summed E-state index contributed by atoms with van der Waals surface area (Å²) in [5.41, 5.74) is 6.20. The first-order valence-electron chi connectivity index (χ1n) is 10.1. The normalized spacial score (nSPS) is 10.9. The molecule has 0 aliphatic carbocycles. The van der Waals surface area contributed by atoms with E-state index in [0.717, 1.165) is 29.7 Å². The van der Waals surface area contributed by atoms with Gasteiger partial charge in [0.1, 0.15) is 0 Å². The van der Waals surface area contributed by atoms with Gasteiger partial charge in [-0.25, -0.2) is 0 Å². The summed E-state index contributed by atoms with van der Waals surface area (Å²) in [5, 5.41) is 0. The number of pyridine rings is 1. The molecule has 0 radical (unpaired) electrons. The van der Waals surface area contributed by atoms with Gasteiger partial charge in [0.25, 0.3) is 5.56 Å².